The van der Waals surface area contributed by atoms with E-state index in [2.05, 4.69) is 10.3 Å². The molecule has 1 aliphatic rings. The van der Waals surface area contributed by atoms with E-state index in [4.69, 9.17) is 10.8 Å². The minimum absolute atomic E-state index is 0.0861. The van der Waals surface area contributed by atoms with Crippen molar-refractivity contribution in [1.29, 1.82) is 0 Å². The second-order valence-corrected chi connectivity index (χ2v) is 4.69. The molecule has 1 aromatic rings. The fourth-order valence-corrected chi connectivity index (χ4v) is 1.93. The first-order valence-corrected chi connectivity index (χ1v) is 5.82. The van der Waals surface area contributed by atoms with Crippen molar-refractivity contribution in [3.05, 3.63) is 22.2 Å². The number of nitrogens with one attached hydrogen (secondary N) is 1. The topological polar surface area (TPSA) is 114 Å². The van der Waals surface area contributed by atoms with Gasteiger partial charge >= 0.3 is 5.69 Å². The number of nitro groups is 1. The molecule has 7 nitrogen and oxygen atoms in total. The lowest BCUT2D eigenvalue weighted by molar-refractivity contribution is -0.384. The van der Waals surface area contributed by atoms with Crippen LogP contribution in [0.2, 0.25) is 0 Å². The molecule has 0 radical (unpaired) electrons. The molecule has 98 valence electrons. The minimum Gasteiger partial charge on any atom is -0.396 e. The zero-order valence-corrected chi connectivity index (χ0v) is 9.93. The highest BCUT2D eigenvalue weighted by atomic mass is 16.6. The summed E-state index contributed by atoms with van der Waals surface area (Å²) in [6.45, 7) is 0.884. The van der Waals surface area contributed by atoms with Crippen LogP contribution in [0.4, 0.5) is 17.3 Å². The van der Waals surface area contributed by atoms with E-state index in [1.807, 2.05) is 0 Å². The molecule has 0 amide bonds. The van der Waals surface area contributed by atoms with Gasteiger partial charge in [0.05, 0.1) is 4.92 Å². The Morgan fingerprint density at radius 3 is 2.78 bits per heavy atom. The van der Waals surface area contributed by atoms with Gasteiger partial charge in [-0.25, -0.2) is 4.98 Å². The highest BCUT2D eigenvalue weighted by Gasteiger charge is 2.41. The molecule has 7 heteroatoms. The van der Waals surface area contributed by atoms with Crippen LogP contribution in [-0.4, -0.2) is 28.2 Å². The molecule has 1 aliphatic carbocycles. The molecule has 1 saturated carbocycles. The van der Waals surface area contributed by atoms with Gasteiger partial charge in [-0.05, 0) is 30.7 Å². The van der Waals surface area contributed by atoms with Gasteiger partial charge in [0, 0.05) is 19.2 Å². The average Bonchev–Trinajstić information content (AvgIpc) is 3.07. The number of hydrogen-bond acceptors (Lipinski definition) is 6. The molecule has 0 aromatic carbocycles. The van der Waals surface area contributed by atoms with Crippen molar-refractivity contribution in [3.8, 4) is 0 Å². The van der Waals surface area contributed by atoms with Crippen LogP contribution in [0.15, 0.2) is 12.1 Å². The summed E-state index contributed by atoms with van der Waals surface area (Å²) in [5.74, 6) is 0.444. The van der Waals surface area contributed by atoms with E-state index in [0.717, 1.165) is 19.3 Å². The summed E-state index contributed by atoms with van der Waals surface area (Å²) in [6, 6.07) is 2.89. The van der Waals surface area contributed by atoms with E-state index < -0.39 is 4.92 Å². The van der Waals surface area contributed by atoms with Crippen molar-refractivity contribution in [2.24, 2.45) is 5.41 Å². The quantitative estimate of drug-likeness (QED) is 0.516. The van der Waals surface area contributed by atoms with Gasteiger partial charge in [0.1, 0.15) is 5.82 Å². The fourth-order valence-electron chi connectivity index (χ4n) is 1.93. The maximum Gasteiger partial charge on any atom is 0.311 e. The lowest BCUT2D eigenvalue weighted by Crippen LogP contribution is -2.17. The maximum atomic E-state index is 10.6. The van der Waals surface area contributed by atoms with Crippen molar-refractivity contribution in [3.63, 3.8) is 0 Å². The minimum atomic E-state index is -0.555. The molecule has 0 aliphatic heterocycles. The van der Waals surface area contributed by atoms with Crippen LogP contribution in [-0.2, 0) is 0 Å². The van der Waals surface area contributed by atoms with E-state index in [9.17, 15) is 10.1 Å². The maximum absolute atomic E-state index is 10.6. The van der Waals surface area contributed by atoms with Crippen molar-refractivity contribution in [2.45, 2.75) is 19.3 Å². The Labute approximate surface area is 104 Å². The van der Waals surface area contributed by atoms with E-state index in [0.29, 0.717) is 12.4 Å². The Kier molecular flexibility index (Phi) is 3.33. The summed E-state index contributed by atoms with van der Waals surface area (Å²) in [7, 11) is 0. The molecule has 2 rings (SSSR count). The number of aliphatic hydroxyl groups is 1. The van der Waals surface area contributed by atoms with Crippen LogP contribution in [0.5, 0.6) is 0 Å². The first-order valence-electron chi connectivity index (χ1n) is 5.82. The second-order valence-electron chi connectivity index (χ2n) is 4.69. The summed E-state index contributed by atoms with van der Waals surface area (Å²) >= 11 is 0. The van der Waals surface area contributed by atoms with Crippen LogP contribution < -0.4 is 11.1 Å². The molecule has 4 N–H and O–H groups in total. The molecule has 0 saturated heterocycles. The van der Waals surface area contributed by atoms with E-state index in [1.54, 1.807) is 6.07 Å². The third-order valence-corrected chi connectivity index (χ3v) is 3.34. The Balaban J connectivity index is 1.98. The van der Waals surface area contributed by atoms with Crippen LogP contribution in [0.3, 0.4) is 0 Å². The van der Waals surface area contributed by atoms with Gasteiger partial charge < -0.3 is 16.2 Å². The Morgan fingerprint density at radius 2 is 2.28 bits per heavy atom. The van der Waals surface area contributed by atoms with Gasteiger partial charge in [-0.1, -0.05) is 0 Å². The number of rotatable bonds is 6. The zero-order valence-electron chi connectivity index (χ0n) is 9.93. The van der Waals surface area contributed by atoms with Crippen molar-refractivity contribution in [2.75, 3.05) is 24.2 Å². The summed E-state index contributed by atoms with van der Waals surface area (Å²) in [5, 5.41) is 22.6. The number of hydrogen-bond donors (Lipinski definition) is 3. The van der Waals surface area contributed by atoms with Crippen LogP contribution in [0.25, 0.3) is 0 Å². The average molecular weight is 252 g/mol. The monoisotopic (exact) mass is 252 g/mol. The molecule has 0 atom stereocenters. The largest absolute Gasteiger partial charge is 0.396 e. The third kappa shape index (κ3) is 2.67. The van der Waals surface area contributed by atoms with Gasteiger partial charge in [0.2, 0.25) is 5.82 Å². The van der Waals surface area contributed by atoms with Gasteiger partial charge in [-0.15, -0.1) is 0 Å². The molecule has 0 spiro atoms. The molecule has 0 bridgehead atoms. The van der Waals surface area contributed by atoms with Gasteiger partial charge in [0.15, 0.2) is 0 Å². The van der Waals surface area contributed by atoms with Gasteiger partial charge in [-0.2, -0.15) is 0 Å². The lowest BCUT2D eigenvalue weighted by Gasteiger charge is -2.14. The Bertz CT molecular complexity index is 460. The summed E-state index contributed by atoms with van der Waals surface area (Å²) in [6.07, 6.45) is 2.94. The first kappa shape index (κ1) is 12.6. The molecule has 1 fully saturated rings. The summed E-state index contributed by atoms with van der Waals surface area (Å²) < 4.78 is 0. The predicted octanol–water partition coefficient (Wildman–Crippen LogP) is 1.15. The zero-order chi connectivity index (χ0) is 13.2. The normalized spacial score (nSPS) is 16.3. The standard InChI is InChI=1S/C11H16N4O3/c12-10-8(15(17)18)1-2-9(14-10)13-7-11(3-4-11)5-6-16/h1-2,16H,3-7H2,(H3,12,13,14). The number of anilines is 2. The van der Waals surface area contributed by atoms with Crippen molar-refractivity contribution in [1.82, 2.24) is 4.98 Å². The first-order chi connectivity index (χ1) is 8.56. The highest BCUT2D eigenvalue weighted by Crippen LogP contribution is 2.48. The van der Waals surface area contributed by atoms with Crippen molar-refractivity contribution >= 4 is 17.3 Å². The van der Waals surface area contributed by atoms with E-state index in [-0.39, 0.29) is 23.5 Å². The Hall–Kier alpha value is -1.89. The SMILES string of the molecule is Nc1nc(NCC2(CCO)CC2)ccc1[N+](=O)[O-]. The molecule has 18 heavy (non-hydrogen) atoms. The number of aromatic nitrogens is 1. The van der Waals surface area contributed by atoms with Crippen LogP contribution in [0, 0.1) is 15.5 Å². The lowest BCUT2D eigenvalue weighted by atomic mass is 10.0. The van der Waals surface area contributed by atoms with Gasteiger partial charge in [-0.3, -0.25) is 10.1 Å². The number of aliphatic hydroxyl groups excluding tert-OH is 1. The third-order valence-electron chi connectivity index (χ3n) is 3.34. The molecule has 1 aromatic heterocycles. The highest BCUT2D eigenvalue weighted by molar-refractivity contribution is 5.57. The Morgan fingerprint density at radius 1 is 1.56 bits per heavy atom. The summed E-state index contributed by atoms with van der Waals surface area (Å²) in [4.78, 5) is 14.0. The van der Waals surface area contributed by atoms with E-state index >= 15 is 0 Å². The van der Waals surface area contributed by atoms with Crippen LogP contribution >= 0.6 is 0 Å². The predicted molar refractivity (Wildman–Crippen MR) is 67.2 cm³/mol. The summed E-state index contributed by atoms with van der Waals surface area (Å²) in [5.41, 5.74) is 5.48. The number of nitrogen functional groups attached to an aromatic ring is 1. The number of nitrogens with zero attached hydrogens (tertiary/aromatic N) is 2. The smallest absolute Gasteiger partial charge is 0.311 e. The molecule has 0 unspecified atom stereocenters. The molecule has 1 heterocycles. The van der Waals surface area contributed by atoms with E-state index in [1.165, 1.54) is 6.07 Å². The van der Waals surface area contributed by atoms with Crippen molar-refractivity contribution < 1.29 is 10.0 Å². The van der Waals surface area contributed by atoms with Crippen LogP contribution in [0.1, 0.15) is 19.3 Å². The second kappa shape index (κ2) is 4.77. The fraction of sp³-hybridized carbons (Fsp3) is 0.545. The van der Waals surface area contributed by atoms with Gasteiger partial charge in [0.25, 0.3) is 0 Å². The number of nitrogens with two attached hydrogens (primary N) is 1. The number of pyridine rings is 1. The molecular formula is C11H16N4O3. The molecular weight excluding hydrogens is 236 g/mol.